The summed E-state index contributed by atoms with van der Waals surface area (Å²) in [4.78, 5) is 27.9. The van der Waals surface area contributed by atoms with Crippen molar-refractivity contribution in [3.8, 4) is 16.9 Å². The van der Waals surface area contributed by atoms with E-state index in [1.807, 2.05) is 0 Å². The Labute approximate surface area is 157 Å². The fourth-order valence-corrected chi connectivity index (χ4v) is 3.44. The minimum atomic E-state index is -0.381. The van der Waals surface area contributed by atoms with Gasteiger partial charge in [-0.2, -0.15) is 0 Å². The van der Waals surface area contributed by atoms with E-state index in [1.165, 1.54) is 26.2 Å². The molecule has 0 unspecified atom stereocenters. The van der Waals surface area contributed by atoms with E-state index in [-0.39, 0.29) is 29.6 Å². The lowest BCUT2D eigenvalue weighted by atomic mass is 10.0. The summed E-state index contributed by atoms with van der Waals surface area (Å²) in [5.41, 5.74) is 1.48. The van der Waals surface area contributed by atoms with Crippen molar-refractivity contribution in [1.82, 2.24) is 10.3 Å². The molecule has 0 bridgehead atoms. The van der Waals surface area contributed by atoms with Crippen molar-refractivity contribution in [3.63, 3.8) is 0 Å². The van der Waals surface area contributed by atoms with Crippen molar-refractivity contribution >= 4 is 17.6 Å². The molecular weight excluding hydrogens is 349 g/mol. The second-order valence-electron chi connectivity index (χ2n) is 6.67. The number of benzene rings is 1. The Morgan fingerprint density at radius 2 is 2.04 bits per heavy atom. The summed E-state index contributed by atoms with van der Waals surface area (Å²) >= 11 is 0. The Balaban J connectivity index is 1.71. The zero-order valence-corrected chi connectivity index (χ0v) is 15.3. The number of pyridine rings is 1. The van der Waals surface area contributed by atoms with Gasteiger partial charge < -0.3 is 15.4 Å². The van der Waals surface area contributed by atoms with Gasteiger partial charge in [-0.05, 0) is 49.1 Å². The normalized spacial score (nSPS) is 18.8. The first-order chi connectivity index (χ1) is 13.0. The molecule has 1 heterocycles. The van der Waals surface area contributed by atoms with Crippen LogP contribution in [0.25, 0.3) is 11.1 Å². The molecule has 142 valence electrons. The summed E-state index contributed by atoms with van der Waals surface area (Å²) in [5, 5.41) is 5.70. The largest absolute Gasteiger partial charge is 0.496 e. The summed E-state index contributed by atoms with van der Waals surface area (Å²) < 4.78 is 18.7. The number of carbonyl (C=O) groups is 2. The molecule has 3 rings (SSSR count). The van der Waals surface area contributed by atoms with Gasteiger partial charge in [0, 0.05) is 36.7 Å². The molecule has 1 aliphatic rings. The van der Waals surface area contributed by atoms with E-state index < -0.39 is 0 Å². The fourth-order valence-electron chi connectivity index (χ4n) is 3.44. The van der Waals surface area contributed by atoms with Crippen LogP contribution in [-0.4, -0.2) is 29.9 Å². The van der Waals surface area contributed by atoms with Gasteiger partial charge in [0.25, 0.3) is 0 Å². The SMILES string of the molecule is COc1cc(F)ccc1-c1ccnc(NC(=O)[C@H]2CC[C@@H](NC(C)=O)C2)c1. The van der Waals surface area contributed by atoms with E-state index in [0.717, 1.165) is 18.4 Å². The number of nitrogens with one attached hydrogen (secondary N) is 2. The van der Waals surface area contributed by atoms with Crippen molar-refractivity contribution in [2.75, 3.05) is 12.4 Å². The van der Waals surface area contributed by atoms with E-state index in [4.69, 9.17) is 4.74 Å². The zero-order valence-electron chi connectivity index (χ0n) is 15.3. The minimum Gasteiger partial charge on any atom is -0.496 e. The van der Waals surface area contributed by atoms with Crippen LogP contribution in [0, 0.1) is 11.7 Å². The van der Waals surface area contributed by atoms with E-state index in [2.05, 4.69) is 15.6 Å². The molecule has 0 spiro atoms. The fraction of sp³-hybridized carbons (Fsp3) is 0.350. The molecule has 2 amide bonds. The Kier molecular flexibility index (Phi) is 5.69. The number of nitrogens with zero attached hydrogens (tertiary/aromatic N) is 1. The van der Waals surface area contributed by atoms with Gasteiger partial charge >= 0.3 is 0 Å². The highest BCUT2D eigenvalue weighted by Gasteiger charge is 2.30. The quantitative estimate of drug-likeness (QED) is 0.846. The lowest BCUT2D eigenvalue weighted by Crippen LogP contribution is -2.31. The third-order valence-electron chi connectivity index (χ3n) is 4.70. The van der Waals surface area contributed by atoms with E-state index in [0.29, 0.717) is 23.6 Å². The van der Waals surface area contributed by atoms with Crippen molar-refractivity contribution in [2.45, 2.75) is 32.2 Å². The van der Waals surface area contributed by atoms with Gasteiger partial charge in [0.05, 0.1) is 7.11 Å². The van der Waals surface area contributed by atoms with Gasteiger partial charge in [0.15, 0.2) is 0 Å². The van der Waals surface area contributed by atoms with Crippen LogP contribution in [0.2, 0.25) is 0 Å². The number of methoxy groups -OCH3 is 1. The molecule has 2 atom stereocenters. The third kappa shape index (κ3) is 4.61. The Bertz CT molecular complexity index is 856. The molecule has 1 aromatic carbocycles. The predicted molar refractivity (Wildman–Crippen MR) is 99.8 cm³/mol. The standard InChI is InChI=1S/C20H22FN3O3/c1-12(25)23-16-5-3-14(9-16)20(26)24-19-10-13(7-8-22-19)17-6-4-15(21)11-18(17)27-2/h4,6-8,10-11,14,16H,3,5,9H2,1-2H3,(H,23,25)(H,22,24,26)/t14-,16+/m0/s1. The molecule has 1 fully saturated rings. The topological polar surface area (TPSA) is 80.3 Å². The highest BCUT2D eigenvalue weighted by molar-refractivity contribution is 5.92. The van der Waals surface area contributed by atoms with Gasteiger partial charge in [-0.3, -0.25) is 9.59 Å². The number of carbonyl (C=O) groups excluding carboxylic acids is 2. The van der Waals surface area contributed by atoms with Crippen LogP contribution < -0.4 is 15.4 Å². The summed E-state index contributed by atoms with van der Waals surface area (Å²) in [6.07, 6.45) is 3.72. The molecule has 6 nitrogen and oxygen atoms in total. The molecule has 27 heavy (non-hydrogen) atoms. The van der Waals surface area contributed by atoms with Gasteiger partial charge in [0.2, 0.25) is 11.8 Å². The predicted octanol–water partition coefficient (Wildman–Crippen LogP) is 3.14. The molecule has 1 aromatic heterocycles. The number of rotatable bonds is 5. The average Bonchev–Trinajstić information content (AvgIpc) is 3.09. The number of ether oxygens (including phenoxy) is 1. The number of amides is 2. The molecule has 0 radical (unpaired) electrons. The van der Waals surface area contributed by atoms with Gasteiger partial charge in [-0.25, -0.2) is 9.37 Å². The van der Waals surface area contributed by atoms with E-state index in [9.17, 15) is 14.0 Å². The zero-order chi connectivity index (χ0) is 19.4. The minimum absolute atomic E-state index is 0.0426. The molecular formula is C20H22FN3O3. The Morgan fingerprint density at radius 3 is 2.78 bits per heavy atom. The van der Waals surface area contributed by atoms with E-state index in [1.54, 1.807) is 24.4 Å². The molecule has 0 aliphatic heterocycles. The van der Waals surface area contributed by atoms with Crippen molar-refractivity contribution in [2.24, 2.45) is 5.92 Å². The molecule has 2 N–H and O–H groups in total. The first kappa shape index (κ1) is 18.8. The van der Waals surface area contributed by atoms with Crippen LogP contribution in [-0.2, 0) is 9.59 Å². The first-order valence-electron chi connectivity index (χ1n) is 8.84. The molecule has 1 aliphatic carbocycles. The summed E-state index contributed by atoms with van der Waals surface area (Å²) in [6.45, 7) is 1.48. The van der Waals surface area contributed by atoms with Gasteiger partial charge in [-0.1, -0.05) is 0 Å². The number of hydrogen-bond acceptors (Lipinski definition) is 4. The highest BCUT2D eigenvalue weighted by Crippen LogP contribution is 2.32. The lowest BCUT2D eigenvalue weighted by molar-refractivity contribution is -0.121. The average molecular weight is 371 g/mol. The molecule has 2 aromatic rings. The smallest absolute Gasteiger partial charge is 0.228 e. The van der Waals surface area contributed by atoms with Crippen LogP contribution in [0.15, 0.2) is 36.5 Å². The summed E-state index contributed by atoms with van der Waals surface area (Å²) in [7, 11) is 1.48. The van der Waals surface area contributed by atoms with Crippen LogP contribution >= 0.6 is 0 Å². The van der Waals surface area contributed by atoms with Gasteiger partial charge in [0.1, 0.15) is 17.4 Å². The number of anilines is 1. The maximum atomic E-state index is 13.4. The van der Waals surface area contributed by atoms with Crippen LogP contribution in [0.5, 0.6) is 5.75 Å². The number of hydrogen-bond donors (Lipinski definition) is 2. The Hall–Kier alpha value is -2.96. The third-order valence-corrected chi connectivity index (χ3v) is 4.70. The highest BCUT2D eigenvalue weighted by atomic mass is 19.1. The maximum Gasteiger partial charge on any atom is 0.228 e. The Morgan fingerprint density at radius 1 is 1.22 bits per heavy atom. The molecule has 1 saturated carbocycles. The van der Waals surface area contributed by atoms with E-state index >= 15 is 0 Å². The number of aromatic nitrogens is 1. The van der Waals surface area contributed by atoms with Crippen molar-refractivity contribution in [3.05, 3.63) is 42.3 Å². The monoisotopic (exact) mass is 371 g/mol. The van der Waals surface area contributed by atoms with Crippen molar-refractivity contribution < 1.29 is 18.7 Å². The van der Waals surface area contributed by atoms with Gasteiger partial charge in [-0.15, -0.1) is 0 Å². The first-order valence-corrected chi connectivity index (χ1v) is 8.84. The lowest BCUT2D eigenvalue weighted by Gasteiger charge is -2.13. The summed E-state index contributed by atoms with van der Waals surface area (Å²) in [5.74, 6) is 0.0994. The van der Waals surface area contributed by atoms with Crippen LogP contribution in [0.1, 0.15) is 26.2 Å². The van der Waals surface area contributed by atoms with Crippen LogP contribution in [0.4, 0.5) is 10.2 Å². The second-order valence-corrected chi connectivity index (χ2v) is 6.67. The molecule has 7 heteroatoms. The molecule has 0 saturated heterocycles. The maximum absolute atomic E-state index is 13.4. The summed E-state index contributed by atoms with van der Waals surface area (Å²) in [6, 6.07) is 7.85. The second kappa shape index (κ2) is 8.16. The van der Waals surface area contributed by atoms with Crippen molar-refractivity contribution in [1.29, 1.82) is 0 Å². The van der Waals surface area contributed by atoms with Crippen LogP contribution in [0.3, 0.4) is 0 Å². The number of halogens is 1.